The zero-order chi connectivity index (χ0) is 11.8. The summed E-state index contributed by atoms with van der Waals surface area (Å²) in [6, 6.07) is 10.1. The average Bonchev–Trinajstić information content (AvgIpc) is 2.30. The molecule has 0 heterocycles. The van der Waals surface area contributed by atoms with Crippen LogP contribution in [0.15, 0.2) is 43.0 Å². The van der Waals surface area contributed by atoms with E-state index in [0.717, 1.165) is 0 Å². The van der Waals surface area contributed by atoms with E-state index in [4.69, 9.17) is 4.74 Å². The van der Waals surface area contributed by atoms with Crippen LogP contribution < -0.4 is 4.46 Å². The summed E-state index contributed by atoms with van der Waals surface area (Å²) < 4.78 is 6.28. The molecule has 1 aromatic carbocycles. The Hall–Kier alpha value is -1.05. The van der Waals surface area contributed by atoms with Crippen LogP contribution in [0.25, 0.3) is 0 Å². The van der Waals surface area contributed by atoms with Crippen molar-refractivity contribution < 1.29 is 9.53 Å². The summed E-state index contributed by atoms with van der Waals surface area (Å²) in [6.07, 6.45) is 2.47. The molecule has 16 heavy (non-hydrogen) atoms. The van der Waals surface area contributed by atoms with Crippen molar-refractivity contribution in [2.75, 3.05) is 6.61 Å². The zero-order valence-corrected chi connectivity index (χ0v) is 11.1. The molecule has 1 unspecified atom stereocenters. The van der Waals surface area contributed by atoms with Gasteiger partial charge in [-0.2, -0.15) is 0 Å². The van der Waals surface area contributed by atoms with E-state index in [9.17, 15) is 4.79 Å². The number of benzene rings is 1. The molecular weight excluding hydrogens is 267 g/mol. The predicted octanol–water partition coefficient (Wildman–Crippen LogP) is 1.94. The van der Waals surface area contributed by atoms with Crippen LogP contribution in [0, 0.1) is 0 Å². The first-order valence-corrected chi connectivity index (χ1v) is 7.11. The topological polar surface area (TPSA) is 26.3 Å². The van der Waals surface area contributed by atoms with Crippen LogP contribution in [0.2, 0.25) is 4.82 Å². The third-order valence-electron chi connectivity index (χ3n) is 1.95. The number of hydrogen-bond donors (Lipinski definition) is 0. The summed E-state index contributed by atoms with van der Waals surface area (Å²) in [4.78, 5) is 11.6. The van der Waals surface area contributed by atoms with Crippen molar-refractivity contribution in [3.05, 3.63) is 43.0 Å². The van der Waals surface area contributed by atoms with E-state index in [-0.39, 0.29) is 25.7 Å². The van der Waals surface area contributed by atoms with Crippen molar-refractivity contribution in [1.82, 2.24) is 0 Å². The molecule has 0 aliphatic rings. The van der Waals surface area contributed by atoms with E-state index in [1.807, 2.05) is 25.1 Å². The van der Waals surface area contributed by atoms with Gasteiger partial charge in [0.25, 0.3) is 0 Å². The quantitative estimate of drug-likeness (QED) is 0.453. The van der Waals surface area contributed by atoms with Gasteiger partial charge >= 0.3 is 103 Å². The van der Waals surface area contributed by atoms with Gasteiger partial charge in [0.15, 0.2) is 0 Å². The average molecular weight is 283 g/mol. The van der Waals surface area contributed by atoms with Crippen molar-refractivity contribution in [3.63, 3.8) is 0 Å². The van der Waals surface area contributed by atoms with E-state index >= 15 is 0 Å². The third kappa shape index (κ3) is 4.21. The molecular formula is C13H16O2Se. The molecule has 0 amide bonds. The van der Waals surface area contributed by atoms with Crippen LogP contribution in [0.3, 0.4) is 0 Å². The summed E-state index contributed by atoms with van der Waals surface area (Å²) in [7, 11) is 0. The molecule has 2 nitrogen and oxygen atoms in total. The van der Waals surface area contributed by atoms with E-state index < -0.39 is 0 Å². The SMILES string of the molecule is C=CCC([Se]c1ccccc1)C(=O)OCC. The van der Waals surface area contributed by atoms with Crippen molar-refractivity contribution in [2.24, 2.45) is 0 Å². The van der Waals surface area contributed by atoms with Crippen molar-refractivity contribution in [2.45, 2.75) is 18.2 Å². The normalized spacial score (nSPS) is 11.8. The second kappa shape index (κ2) is 7.26. The maximum atomic E-state index is 11.7. The van der Waals surface area contributed by atoms with Gasteiger partial charge in [0.05, 0.1) is 0 Å². The summed E-state index contributed by atoms with van der Waals surface area (Å²) in [5.41, 5.74) is 0. The number of hydrogen-bond acceptors (Lipinski definition) is 2. The second-order valence-electron chi connectivity index (χ2n) is 3.20. The Kier molecular flexibility index (Phi) is 5.91. The van der Waals surface area contributed by atoms with Gasteiger partial charge < -0.3 is 0 Å². The standard InChI is InChI=1S/C13H16O2Se/c1-3-8-12(13(14)15-4-2)16-11-9-6-5-7-10-11/h3,5-7,9-10,12H,1,4,8H2,2H3. The van der Waals surface area contributed by atoms with Crippen molar-refractivity contribution >= 4 is 25.4 Å². The Labute approximate surface area is 103 Å². The second-order valence-corrected chi connectivity index (χ2v) is 5.87. The van der Waals surface area contributed by atoms with Crippen LogP contribution in [0.1, 0.15) is 13.3 Å². The van der Waals surface area contributed by atoms with Gasteiger partial charge in [-0.05, 0) is 0 Å². The molecule has 86 valence electrons. The number of allylic oxidation sites excluding steroid dienone is 1. The minimum absolute atomic E-state index is 0.0488. The summed E-state index contributed by atoms with van der Waals surface area (Å²) in [5.74, 6) is -0.105. The summed E-state index contributed by atoms with van der Waals surface area (Å²) in [6.45, 7) is 5.96. The molecule has 0 saturated heterocycles. The van der Waals surface area contributed by atoms with Crippen LogP contribution >= 0.6 is 0 Å². The fraction of sp³-hybridized carbons (Fsp3) is 0.308. The third-order valence-corrected chi connectivity index (χ3v) is 4.50. The first-order valence-electron chi connectivity index (χ1n) is 5.27. The molecule has 1 rings (SSSR count). The fourth-order valence-electron chi connectivity index (χ4n) is 1.24. The minimum atomic E-state index is -0.105. The Morgan fingerprint density at radius 1 is 1.50 bits per heavy atom. The molecule has 0 N–H and O–H groups in total. The van der Waals surface area contributed by atoms with Crippen molar-refractivity contribution in [1.29, 1.82) is 0 Å². The monoisotopic (exact) mass is 284 g/mol. The van der Waals surface area contributed by atoms with Gasteiger partial charge in [0.2, 0.25) is 0 Å². The molecule has 0 bridgehead atoms. The molecule has 0 fully saturated rings. The Bertz CT molecular complexity index is 335. The molecule has 3 heteroatoms. The van der Waals surface area contributed by atoms with Gasteiger partial charge in [0, 0.05) is 0 Å². The van der Waals surface area contributed by atoms with Gasteiger partial charge in [-0.3, -0.25) is 0 Å². The van der Waals surface area contributed by atoms with E-state index in [1.54, 1.807) is 6.08 Å². The van der Waals surface area contributed by atoms with Crippen LogP contribution in [0.4, 0.5) is 0 Å². The Morgan fingerprint density at radius 3 is 2.75 bits per heavy atom. The van der Waals surface area contributed by atoms with Gasteiger partial charge in [-0.25, -0.2) is 0 Å². The van der Waals surface area contributed by atoms with E-state index in [0.29, 0.717) is 13.0 Å². The molecule has 1 aromatic rings. The maximum absolute atomic E-state index is 11.7. The molecule has 1 atom stereocenters. The zero-order valence-electron chi connectivity index (χ0n) is 9.39. The van der Waals surface area contributed by atoms with Gasteiger partial charge in [-0.1, -0.05) is 0 Å². The summed E-state index contributed by atoms with van der Waals surface area (Å²) >= 11 is 0.113. The molecule has 0 aromatic heterocycles. The summed E-state index contributed by atoms with van der Waals surface area (Å²) in [5, 5.41) is 0. The van der Waals surface area contributed by atoms with E-state index in [2.05, 4.69) is 18.7 Å². The molecule has 0 saturated carbocycles. The molecule has 0 aliphatic carbocycles. The number of esters is 1. The van der Waals surface area contributed by atoms with Gasteiger partial charge in [-0.15, -0.1) is 0 Å². The first-order chi connectivity index (χ1) is 7.77. The van der Waals surface area contributed by atoms with E-state index in [1.165, 1.54) is 4.46 Å². The fourth-order valence-corrected chi connectivity index (χ4v) is 3.42. The predicted molar refractivity (Wildman–Crippen MR) is 67.0 cm³/mol. The van der Waals surface area contributed by atoms with Crippen LogP contribution in [0.5, 0.6) is 0 Å². The first kappa shape index (κ1) is 13.0. The number of carbonyl (C=O) groups is 1. The Morgan fingerprint density at radius 2 is 2.19 bits per heavy atom. The van der Waals surface area contributed by atoms with Gasteiger partial charge in [0.1, 0.15) is 0 Å². The van der Waals surface area contributed by atoms with Crippen LogP contribution in [-0.4, -0.2) is 27.5 Å². The number of ether oxygens (including phenoxy) is 1. The molecule has 0 radical (unpaired) electrons. The molecule has 0 aliphatic heterocycles. The van der Waals surface area contributed by atoms with Crippen LogP contribution in [-0.2, 0) is 9.53 Å². The van der Waals surface area contributed by atoms with Crippen molar-refractivity contribution in [3.8, 4) is 0 Å². The number of carbonyl (C=O) groups excluding carboxylic acids is 1. The Balaban J connectivity index is 2.64. The molecule has 0 spiro atoms. The number of rotatable bonds is 6.